The van der Waals surface area contributed by atoms with E-state index in [0.29, 0.717) is 13.2 Å². The van der Waals surface area contributed by atoms with Gasteiger partial charge < -0.3 is 24.9 Å². The Balaban J connectivity index is 1.62. The Hall–Kier alpha value is -2.54. The third kappa shape index (κ3) is 4.16. The highest BCUT2D eigenvalue weighted by Gasteiger charge is 2.30. The minimum absolute atomic E-state index is 0.0406. The molecule has 26 heavy (non-hydrogen) atoms. The van der Waals surface area contributed by atoms with Crippen LogP contribution in [0, 0.1) is 11.8 Å². The van der Waals surface area contributed by atoms with Crippen LogP contribution in [-0.2, 0) is 20.7 Å². The fourth-order valence-electron chi connectivity index (χ4n) is 3.46. The summed E-state index contributed by atoms with van der Waals surface area (Å²) in [4.78, 5) is 27.0. The van der Waals surface area contributed by atoms with E-state index in [-0.39, 0.29) is 24.8 Å². The number of hydrogen-bond acceptors (Lipinski definition) is 4. The molecule has 2 heterocycles. The summed E-state index contributed by atoms with van der Waals surface area (Å²) >= 11 is 0. The zero-order valence-electron chi connectivity index (χ0n) is 14.8. The van der Waals surface area contributed by atoms with Gasteiger partial charge in [0.1, 0.15) is 5.75 Å². The number of aromatic amines is 1. The molecule has 1 unspecified atom stereocenters. The van der Waals surface area contributed by atoms with Gasteiger partial charge in [-0.05, 0) is 42.5 Å². The summed E-state index contributed by atoms with van der Waals surface area (Å²) in [6.07, 6.45) is 3.42. The topological polar surface area (TPSA) is 101 Å². The van der Waals surface area contributed by atoms with Gasteiger partial charge in [-0.1, -0.05) is 0 Å². The number of carbonyl (C=O) groups is 2. The normalized spacial score (nSPS) is 16.3. The number of aromatic nitrogens is 1. The maximum Gasteiger partial charge on any atom is 0.308 e. The molecule has 0 aliphatic carbocycles. The first kappa shape index (κ1) is 18.3. The Bertz CT molecular complexity index is 779. The Kier molecular flexibility index (Phi) is 5.78. The maximum atomic E-state index is 12.3. The number of fused-ring (bicyclic) bond motifs is 1. The zero-order chi connectivity index (χ0) is 18.5. The third-order valence-corrected chi connectivity index (χ3v) is 5.00. The smallest absolute Gasteiger partial charge is 0.308 e. The first-order valence-electron chi connectivity index (χ1n) is 8.79. The summed E-state index contributed by atoms with van der Waals surface area (Å²) in [6.45, 7) is 1.31. The van der Waals surface area contributed by atoms with Crippen molar-refractivity contribution in [2.75, 3.05) is 26.9 Å². The van der Waals surface area contributed by atoms with Crippen molar-refractivity contribution in [1.82, 2.24) is 10.3 Å². The number of amides is 1. The van der Waals surface area contributed by atoms with Gasteiger partial charge in [-0.3, -0.25) is 9.59 Å². The van der Waals surface area contributed by atoms with Crippen LogP contribution in [0.3, 0.4) is 0 Å². The predicted octanol–water partition coefficient (Wildman–Crippen LogP) is 1.96. The van der Waals surface area contributed by atoms with Crippen molar-refractivity contribution in [3.05, 3.63) is 30.0 Å². The van der Waals surface area contributed by atoms with Gasteiger partial charge in [0.05, 0.1) is 19.4 Å². The molecule has 1 aromatic heterocycles. The van der Waals surface area contributed by atoms with Crippen molar-refractivity contribution >= 4 is 22.8 Å². The summed E-state index contributed by atoms with van der Waals surface area (Å²) in [6, 6.07) is 5.64. The quantitative estimate of drug-likeness (QED) is 0.701. The minimum Gasteiger partial charge on any atom is -0.497 e. The van der Waals surface area contributed by atoms with E-state index in [4.69, 9.17) is 9.47 Å². The summed E-state index contributed by atoms with van der Waals surface area (Å²) in [5, 5.41) is 13.2. The first-order valence-corrected chi connectivity index (χ1v) is 8.79. The van der Waals surface area contributed by atoms with Crippen molar-refractivity contribution in [2.24, 2.45) is 11.8 Å². The number of hydrogen-bond donors (Lipinski definition) is 3. The molecule has 0 bridgehead atoms. The van der Waals surface area contributed by atoms with E-state index in [0.717, 1.165) is 35.1 Å². The molecule has 3 rings (SSSR count). The molecule has 1 aromatic carbocycles. The molecule has 0 spiro atoms. The second kappa shape index (κ2) is 8.23. The second-order valence-electron chi connectivity index (χ2n) is 6.60. The lowest BCUT2D eigenvalue weighted by Crippen LogP contribution is -2.39. The van der Waals surface area contributed by atoms with E-state index in [1.165, 1.54) is 0 Å². The fourth-order valence-corrected chi connectivity index (χ4v) is 3.46. The summed E-state index contributed by atoms with van der Waals surface area (Å²) in [5.41, 5.74) is 1.79. The Labute approximate surface area is 151 Å². The van der Waals surface area contributed by atoms with Gasteiger partial charge >= 0.3 is 5.97 Å². The Morgan fingerprint density at radius 2 is 2.15 bits per heavy atom. The molecule has 1 saturated heterocycles. The van der Waals surface area contributed by atoms with Gasteiger partial charge in [0.2, 0.25) is 5.91 Å². The lowest BCUT2D eigenvalue weighted by atomic mass is 9.86. The highest BCUT2D eigenvalue weighted by molar-refractivity contribution is 5.89. The standard InChI is InChI=1S/C19H24N2O5/c1-25-14-2-3-17-15(9-14)13(10-20-17)8-18(22)21-11-16(19(23)24)12-4-6-26-7-5-12/h2-3,9-10,12,16,20H,4-8,11H2,1H3,(H,21,22)(H,23,24). The summed E-state index contributed by atoms with van der Waals surface area (Å²) in [7, 11) is 1.60. The van der Waals surface area contributed by atoms with E-state index in [1.54, 1.807) is 13.3 Å². The number of benzene rings is 1. The van der Waals surface area contributed by atoms with Gasteiger partial charge in [-0.25, -0.2) is 0 Å². The predicted molar refractivity (Wildman–Crippen MR) is 96.2 cm³/mol. The van der Waals surface area contributed by atoms with Gasteiger partial charge in [-0.2, -0.15) is 0 Å². The van der Waals surface area contributed by atoms with Gasteiger partial charge in [-0.15, -0.1) is 0 Å². The SMILES string of the molecule is COc1ccc2[nH]cc(CC(=O)NCC(C(=O)O)C3CCOCC3)c2c1. The fraction of sp³-hybridized carbons (Fsp3) is 0.474. The lowest BCUT2D eigenvalue weighted by molar-refractivity contribution is -0.144. The van der Waals surface area contributed by atoms with Crippen molar-refractivity contribution < 1.29 is 24.2 Å². The number of methoxy groups -OCH3 is 1. The highest BCUT2D eigenvalue weighted by atomic mass is 16.5. The van der Waals surface area contributed by atoms with E-state index in [2.05, 4.69) is 10.3 Å². The maximum absolute atomic E-state index is 12.3. The number of rotatable bonds is 7. The van der Waals surface area contributed by atoms with Crippen LogP contribution in [0.1, 0.15) is 18.4 Å². The first-order chi connectivity index (χ1) is 12.6. The van der Waals surface area contributed by atoms with E-state index >= 15 is 0 Å². The molecule has 1 atom stereocenters. The molecule has 140 valence electrons. The molecule has 7 nitrogen and oxygen atoms in total. The van der Waals surface area contributed by atoms with Crippen molar-refractivity contribution in [3.63, 3.8) is 0 Å². The number of ether oxygens (including phenoxy) is 2. The van der Waals surface area contributed by atoms with Crippen molar-refractivity contribution in [3.8, 4) is 5.75 Å². The van der Waals surface area contributed by atoms with Crippen LogP contribution in [0.5, 0.6) is 5.75 Å². The molecule has 7 heteroatoms. The molecule has 1 amide bonds. The Morgan fingerprint density at radius 3 is 2.85 bits per heavy atom. The molecule has 1 fully saturated rings. The van der Waals surface area contributed by atoms with Crippen LogP contribution >= 0.6 is 0 Å². The molecule has 0 radical (unpaired) electrons. The van der Waals surface area contributed by atoms with Crippen molar-refractivity contribution in [2.45, 2.75) is 19.3 Å². The molecular formula is C19H24N2O5. The molecule has 2 aromatic rings. The van der Waals surface area contributed by atoms with E-state index < -0.39 is 11.9 Å². The van der Waals surface area contributed by atoms with Crippen LogP contribution in [0.15, 0.2) is 24.4 Å². The van der Waals surface area contributed by atoms with Gasteiger partial charge in [0.25, 0.3) is 0 Å². The van der Waals surface area contributed by atoms with Crippen LogP contribution in [0.25, 0.3) is 10.9 Å². The number of H-pyrrole nitrogens is 1. The lowest BCUT2D eigenvalue weighted by Gasteiger charge is -2.27. The number of carbonyl (C=O) groups excluding carboxylic acids is 1. The van der Waals surface area contributed by atoms with E-state index in [9.17, 15) is 14.7 Å². The molecule has 1 aliphatic rings. The number of carboxylic acid groups (broad SMARTS) is 1. The van der Waals surface area contributed by atoms with Crippen molar-refractivity contribution in [1.29, 1.82) is 0 Å². The zero-order valence-corrected chi connectivity index (χ0v) is 14.8. The number of carboxylic acids is 1. The van der Waals surface area contributed by atoms with E-state index in [1.807, 2.05) is 18.2 Å². The monoisotopic (exact) mass is 360 g/mol. The Morgan fingerprint density at radius 1 is 1.38 bits per heavy atom. The second-order valence-corrected chi connectivity index (χ2v) is 6.60. The average molecular weight is 360 g/mol. The third-order valence-electron chi connectivity index (χ3n) is 5.00. The van der Waals surface area contributed by atoms with Gasteiger partial charge in [0.15, 0.2) is 0 Å². The molecule has 0 saturated carbocycles. The highest BCUT2D eigenvalue weighted by Crippen LogP contribution is 2.25. The molecular weight excluding hydrogens is 336 g/mol. The number of nitrogens with one attached hydrogen (secondary N) is 2. The summed E-state index contributed by atoms with van der Waals surface area (Å²) in [5.74, 6) is -0.866. The number of aliphatic carboxylic acids is 1. The van der Waals surface area contributed by atoms with Gasteiger partial charge in [0, 0.05) is 36.9 Å². The van der Waals surface area contributed by atoms with Crippen LogP contribution < -0.4 is 10.1 Å². The minimum atomic E-state index is -0.867. The average Bonchev–Trinajstić information content (AvgIpc) is 3.04. The molecule has 3 N–H and O–H groups in total. The van der Waals surface area contributed by atoms with Crippen LogP contribution in [-0.4, -0.2) is 48.8 Å². The molecule has 1 aliphatic heterocycles. The van der Waals surface area contributed by atoms with Crippen LogP contribution in [0.4, 0.5) is 0 Å². The van der Waals surface area contributed by atoms with Crippen LogP contribution in [0.2, 0.25) is 0 Å². The summed E-state index contributed by atoms with van der Waals surface area (Å²) < 4.78 is 10.5. The largest absolute Gasteiger partial charge is 0.497 e.